The molecule has 26 nitrogen and oxygen atoms in total. The Hall–Kier alpha value is -6.56. The molecule has 0 aliphatic rings. The van der Waals surface area contributed by atoms with Gasteiger partial charge in [-0.15, -0.1) is 10.2 Å². The smallest absolute Gasteiger partial charge is 0.296 e. The Balaban J connectivity index is 1.44. The van der Waals surface area contributed by atoms with Crippen molar-refractivity contribution in [2.24, 2.45) is 20.5 Å². The predicted octanol–water partition coefficient (Wildman–Crippen LogP) is 5.30. The summed E-state index contributed by atoms with van der Waals surface area (Å²) in [6.07, 6.45) is 1.78. The van der Waals surface area contributed by atoms with Crippen LogP contribution in [0.2, 0.25) is 0 Å². The molecule has 0 bridgehead atoms. The number of aromatic hydroxyl groups is 4. The lowest BCUT2D eigenvalue weighted by atomic mass is 10.1. The number of azo groups is 2. The van der Waals surface area contributed by atoms with Crippen LogP contribution in [0.15, 0.2) is 123 Å². The molecule has 0 heterocycles. The van der Waals surface area contributed by atoms with Gasteiger partial charge < -0.3 is 20.4 Å². The van der Waals surface area contributed by atoms with Crippen LogP contribution in [0.4, 0.5) is 22.7 Å². The van der Waals surface area contributed by atoms with Crippen LogP contribution in [0, 0.1) is 0 Å². The van der Waals surface area contributed by atoms with Crippen molar-refractivity contribution < 1.29 is 98.2 Å². The molecule has 0 aliphatic heterocycles. The highest BCUT2D eigenvalue weighted by Crippen LogP contribution is 2.46. The molecule has 6 aromatic rings. The second-order valence-corrected chi connectivity index (χ2v) is 21.6. The SMILES string of the molecule is O=S(=O)(O)c1cc(O)c2c(O)cc(S(=O)(=O)O)c(N=Nc3ccc(C=Cc4ccc(N=Nc5c(S(=O)(=O)O)cc(O)c6c(O)cc(S(=O)(=O)O)cc56)cc4S(=O)(=O)O)c(S(=O)(=O)O)c3)c2c1. The van der Waals surface area contributed by atoms with Gasteiger partial charge in [-0.25, -0.2) is 0 Å². The maximum absolute atomic E-state index is 12.5. The van der Waals surface area contributed by atoms with Gasteiger partial charge in [-0.05, 0) is 47.5 Å². The quantitative estimate of drug-likeness (QED) is 0.0422. The molecule has 0 unspecified atom stereocenters. The number of phenolic OH excluding ortho intramolecular Hbond substituents is 4. The van der Waals surface area contributed by atoms with Crippen molar-refractivity contribution >= 4 is 117 Å². The first-order valence-corrected chi connectivity index (χ1v) is 25.5. The highest BCUT2D eigenvalue weighted by atomic mass is 32.2. The van der Waals surface area contributed by atoms with E-state index in [9.17, 15) is 98.2 Å². The number of rotatable bonds is 12. The number of nitrogens with zero attached hydrogens (tertiary/aromatic N) is 4. The average Bonchev–Trinajstić information content (AvgIpc) is 3.16. The Morgan fingerprint density at radius 2 is 0.652 bits per heavy atom. The van der Waals surface area contributed by atoms with Crippen LogP contribution in [-0.2, 0) is 60.7 Å². The van der Waals surface area contributed by atoms with E-state index in [0.29, 0.717) is 48.5 Å². The summed E-state index contributed by atoms with van der Waals surface area (Å²) < 4.78 is 205. The van der Waals surface area contributed by atoms with Gasteiger partial charge in [0, 0.05) is 35.0 Å². The summed E-state index contributed by atoms with van der Waals surface area (Å²) >= 11 is 0. The third-order valence-electron chi connectivity index (χ3n) is 8.88. The largest absolute Gasteiger partial charge is 0.507 e. The normalized spacial score (nSPS) is 13.5. The molecule has 0 radical (unpaired) electrons. The number of benzene rings is 6. The molecule has 0 fully saturated rings. The Bertz CT molecular complexity index is 3640. The van der Waals surface area contributed by atoms with Crippen LogP contribution in [0.5, 0.6) is 23.0 Å². The van der Waals surface area contributed by atoms with Crippen molar-refractivity contribution in [1.82, 2.24) is 0 Å². The molecule has 6 rings (SSSR count). The zero-order valence-corrected chi connectivity index (χ0v) is 36.6. The summed E-state index contributed by atoms with van der Waals surface area (Å²) in [6, 6.07) is 7.98. The third kappa shape index (κ3) is 10.1. The van der Waals surface area contributed by atoms with E-state index < -0.39 is 169 Å². The second kappa shape index (κ2) is 16.7. The third-order valence-corrected chi connectivity index (χ3v) is 14.1. The Morgan fingerprint density at radius 3 is 0.939 bits per heavy atom. The molecule has 0 spiro atoms. The maximum atomic E-state index is 12.5. The molecular formula is C34H24N4O22S6. The standard InChI is InChI=1S/C34H24N4O22S6/c39-23-11-19(61(43,44)45)9-21-31(23)25(41)13-29(65(55,56)57)33(21)37-35-17-5-3-15(27(7-17)63(49,50)51)1-2-16-4-6-18(8-28(16)64(52,53)54)36-38-34-22-10-20(62(46,47)48)12-24(40)32(22)26(42)14-30(34)66(58,59)60/h1-14,39-42H,(H,43,44,45)(H,46,47,48)(H,49,50,51)(H,52,53,54)(H,55,56,57)(H,58,59,60). The fourth-order valence-corrected chi connectivity index (χ4v) is 9.87. The average molecular weight is 1030 g/mol. The molecule has 0 saturated heterocycles. The van der Waals surface area contributed by atoms with Gasteiger partial charge in [0.05, 0.1) is 31.9 Å². The summed E-state index contributed by atoms with van der Waals surface area (Å²) in [5.74, 6) is -4.07. The minimum Gasteiger partial charge on any atom is -0.507 e. The van der Waals surface area contributed by atoms with Crippen LogP contribution < -0.4 is 0 Å². The number of hydrogen-bond donors (Lipinski definition) is 10. The van der Waals surface area contributed by atoms with Gasteiger partial charge in [-0.2, -0.15) is 60.7 Å². The van der Waals surface area contributed by atoms with Crippen molar-refractivity contribution in [2.45, 2.75) is 29.4 Å². The summed E-state index contributed by atoms with van der Waals surface area (Å²) in [5, 5.41) is 53.5. The van der Waals surface area contributed by atoms with Crippen molar-refractivity contribution in [2.75, 3.05) is 0 Å². The lowest BCUT2D eigenvalue weighted by molar-refractivity contribution is 0.456. The van der Waals surface area contributed by atoms with Crippen molar-refractivity contribution in [1.29, 1.82) is 0 Å². The molecule has 32 heteroatoms. The number of hydrogen-bond acceptors (Lipinski definition) is 20. The fourth-order valence-electron chi connectivity index (χ4n) is 6.09. The van der Waals surface area contributed by atoms with E-state index >= 15 is 0 Å². The minimum absolute atomic E-state index is 0.403. The van der Waals surface area contributed by atoms with Gasteiger partial charge in [0.2, 0.25) is 0 Å². The van der Waals surface area contributed by atoms with Gasteiger partial charge in [0.25, 0.3) is 60.7 Å². The van der Waals surface area contributed by atoms with Crippen LogP contribution >= 0.6 is 0 Å². The van der Waals surface area contributed by atoms with Gasteiger partial charge in [-0.3, -0.25) is 27.3 Å². The second-order valence-electron chi connectivity index (χ2n) is 13.2. The highest BCUT2D eigenvalue weighted by molar-refractivity contribution is 7.87. The first-order valence-electron chi connectivity index (χ1n) is 16.9. The first kappa shape index (κ1) is 48.9. The Labute approximate surface area is 370 Å². The molecule has 0 amide bonds. The van der Waals surface area contributed by atoms with E-state index in [1.807, 2.05) is 0 Å². The molecule has 6 aromatic carbocycles. The topological polar surface area (TPSA) is 457 Å². The summed E-state index contributed by atoms with van der Waals surface area (Å²) in [4.78, 5) is -6.46. The molecule has 0 atom stereocenters. The lowest BCUT2D eigenvalue weighted by Gasteiger charge is -2.11. The zero-order valence-electron chi connectivity index (χ0n) is 31.7. The van der Waals surface area contributed by atoms with Crippen LogP contribution in [0.3, 0.4) is 0 Å². The first-order chi connectivity index (χ1) is 30.2. The lowest BCUT2D eigenvalue weighted by Crippen LogP contribution is -2.02. The molecular weight excluding hydrogens is 1010 g/mol. The summed E-state index contributed by atoms with van der Waals surface area (Å²) in [5.41, 5.74) is -3.80. The summed E-state index contributed by atoms with van der Waals surface area (Å²) in [6.45, 7) is 0. The monoisotopic (exact) mass is 1030 g/mol. The molecule has 10 N–H and O–H groups in total. The zero-order chi connectivity index (χ0) is 49.3. The fraction of sp³-hybridized carbons (Fsp3) is 0. The van der Waals surface area contributed by atoms with Crippen molar-refractivity contribution in [3.05, 3.63) is 83.9 Å². The number of phenols is 4. The minimum atomic E-state index is -5.34. The highest BCUT2D eigenvalue weighted by Gasteiger charge is 2.27. The van der Waals surface area contributed by atoms with Gasteiger partial charge in [0.15, 0.2) is 0 Å². The van der Waals surface area contributed by atoms with Crippen LogP contribution in [-0.4, -0.2) is 98.2 Å². The Morgan fingerprint density at radius 1 is 0.348 bits per heavy atom. The molecule has 348 valence electrons. The van der Waals surface area contributed by atoms with Crippen LogP contribution in [0.25, 0.3) is 33.7 Å². The molecule has 0 saturated carbocycles. The van der Waals surface area contributed by atoms with E-state index in [4.69, 9.17) is 0 Å². The van der Waals surface area contributed by atoms with Crippen molar-refractivity contribution in [3.63, 3.8) is 0 Å². The molecule has 66 heavy (non-hydrogen) atoms. The predicted molar refractivity (Wildman–Crippen MR) is 224 cm³/mol. The van der Waals surface area contributed by atoms with E-state index in [-0.39, 0.29) is 0 Å². The molecule has 0 aliphatic carbocycles. The van der Waals surface area contributed by atoms with Gasteiger partial charge >= 0.3 is 0 Å². The molecule has 0 aromatic heterocycles. The maximum Gasteiger partial charge on any atom is 0.296 e. The van der Waals surface area contributed by atoms with Gasteiger partial charge in [-0.1, -0.05) is 24.3 Å². The van der Waals surface area contributed by atoms with E-state index in [0.717, 1.165) is 36.4 Å². The van der Waals surface area contributed by atoms with E-state index in [2.05, 4.69) is 20.5 Å². The van der Waals surface area contributed by atoms with Crippen molar-refractivity contribution in [3.8, 4) is 23.0 Å². The Kier molecular flexibility index (Phi) is 12.4. The van der Waals surface area contributed by atoms with E-state index in [1.54, 1.807) is 0 Å². The summed E-state index contributed by atoms with van der Waals surface area (Å²) in [7, 11) is -31.4. The van der Waals surface area contributed by atoms with E-state index in [1.165, 1.54) is 0 Å². The van der Waals surface area contributed by atoms with Gasteiger partial charge in [0.1, 0.15) is 54.0 Å². The number of fused-ring (bicyclic) bond motifs is 2. The van der Waals surface area contributed by atoms with Crippen LogP contribution in [0.1, 0.15) is 11.1 Å².